The first-order valence-corrected chi connectivity index (χ1v) is 43.5. The highest BCUT2D eigenvalue weighted by atomic mass is 32.2. The second-order valence-electron chi connectivity index (χ2n) is 28.8. The Bertz CT molecular complexity index is 5080. The third-order valence-corrected chi connectivity index (χ3v) is 30.9. The molecule has 51 nitrogen and oxygen atoms in total. The average Bonchev–Trinajstić information content (AvgIpc) is 1.50. The lowest BCUT2D eigenvalue weighted by Gasteiger charge is -2.33. The van der Waals surface area contributed by atoms with Gasteiger partial charge in [-0.2, -0.15) is 47.4 Å². The standard InChI is InChI=1S/C17H20O12S.2C13H14O10S.C13H16O10S.C12H11NO8S/c1-3-12(20)25-7-13(21)27-14-15-17(4-5-24-9-18)11(30(22,23)28-15)6-16(14,29-17)8-26-10(2)19;1-3-7(14)20-5-8(15)22-9-6-4-13(12(16)19-2)11(21-6)10(9)23-24(13,17)18;1-3-5(14)20-4-6(15)21-9-8-7(13(16)19-2)12-11(22-8)10(9)23-24(12,17)18;1-2-8(16)20-4-9(17)21-10-11-13(6-15)7(24(18,19)22-11)3-12(10,5-14)23-13;1-2-6(14)18-4-7(15)19-9-8-5(3-13)12-11(20-8)10(9)21-22(12,16)17/h3,9,11,14-15H,1,4-8H2,2H3;3,6,9-11H,1,4-5H2,2H3;3,7-12H,1,4H2,2H3;2,7,10-11,14-15H,1,3-6H2;2,5,8-12H,1,4H2. The third kappa shape index (κ3) is 16.9. The van der Waals surface area contributed by atoms with Crippen molar-refractivity contribution in [3.8, 4) is 6.07 Å². The molecule has 27 unspecified atom stereocenters. The summed E-state index contributed by atoms with van der Waals surface area (Å²) in [4.78, 5) is 160. The smallest absolute Gasteiger partial charge is 0.344 e. The van der Waals surface area contributed by atoms with Crippen LogP contribution in [0.15, 0.2) is 63.3 Å². The van der Waals surface area contributed by atoms with Crippen molar-refractivity contribution in [1.82, 2.24) is 0 Å². The lowest BCUT2D eigenvalue weighted by molar-refractivity contribution is -0.177. The number of rotatable bonds is 30. The second-order valence-corrected chi connectivity index (χ2v) is 37.5. The van der Waals surface area contributed by atoms with Crippen LogP contribution >= 0.6 is 0 Å². The van der Waals surface area contributed by atoms with E-state index in [0.29, 0.717) is 0 Å². The first-order valence-electron chi connectivity index (χ1n) is 36.2. The number of nitrogens with zero attached hydrogens (tertiary/aromatic N) is 1. The van der Waals surface area contributed by atoms with E-state index in [1.54, 1.807) is 0 Å². The maximum absolute atomic E-state index is 12.5. The third-order valence-electron chi connectivity index (χ3n) is 22.1. The predicted molar refractivity (Wildman–Crippen MR) is 379 cm³/mol. The van der Waals surface area contributed by atoms with Crippen LogP contribution in [0.5, 0.6) is 0 Å². The molecule has 27 atom stereocenters. The summed E-state index contributed by atoms with van der Waals surface area (Å²) in [5.74, 6) is -13.3. The highest BCUT2D eigenvalue weighted by Gasteiger charge is 2.84. The van der Waals surface area contributed by atoms with Crippen molar-refractivity contribution in [2.24, 2.45) is 11.8 Å². The van der Waals surface area contributed by atoms with Crippen LogP contribution in [0.4, 0.5) is 0 Å². The lowest BCUT2D eigenvalue weighted by atomic mass is 9.76. The van der Waals surface area contributed by atoms with Gasteiger partial charge in [0.1, 0.15) is 123 Å². The van der Waals surface area contributed by atoms with Crippen molar-refractivity contribution in [3.63, 3.8) is 0 Å². The number of carbonyl (C=O) groups is 14. The SMILES string of the molecule is C=CC(=O)OCC(=O)OC1C2CC3(C(=O)OC)C(O2)C1OS3(=O)=O.C=CC(=O)OCC(=O)OC1C2OC3C1OS(=O)(=O)C3C2C#N.C=CC(=O)OCC(=O)OC1C2OS(=O)(=O)C3C2OC1C3C(=O)OC.C=CC(=O)OCC(=O)OC1C2OS(=O)(=O)C3CC1(CO)OC23CO.C=CC(=O)OCC(=O)OC1C2OS(=O)(=O)C3CC1(COC(C)=O)OC23CCOC=O. The van der Waals surface area contributed by atoms with E-state index in [1.165, 1.54) is 0 Å². The van der Waals surface area contributed by atoms with Crippen LogP contribution in [0.2, 0.25) is 0 Å². The molecule has 0 spiro atoms. The molecule has 124 heavy (non-hydrogen) atoms. The van der Waals surface area contributed by atoms with Gasteiger partial charge in [0.2, 0.25) is 4.75 Å². The molecule has 56 heteroatoms. The number of ether oxygens (including phenoxy) is 19. The summed E-state index contributed by atoms with van der Waals surface area (Å²) in [7, 11) is -18.2. The largest absolute Gasteiger partial charge is 0.469 e. The molecule has 10 bridgehead atoms. The number of carbonyl (C=O) groups excluding carboxylic acids is 14. The van der Waals surface area contributed by atoms with E-state index in [0.717, 1.165) is 51.5 Å². The first kappa shape index (κ1) is 94.7. The van der Waals surface area contributed by atoms with E-state index >= 15 is 0 Å². The number of aliphatic hydroxyl groups is 2. The van der Waals surface area contributed by atoms with Gasteiger partial charge in [-0.15, -0.1) is 0 Å². The Morgan fingerprint density at radius 2 is 0.895 bits per heavy atom. The summed E-state index contributed by atoms with van der Waals surface area (Å²) in [5, 5.41) is 23.9. The van der Waals surface area contributed by atoms with Gasteiger partial charge in [-0.1, -0.05) is 32.9 Å². The molecule has 15 rings (SSSR count). The molecule has 15 heterocycles. The Hall–Kier alpha value is -9.96. The molecule has 0 aromatic heterocycles. The van der Waals surface area contributed by atoms with E-state index < -0.39 is 339 Å². The normalized spacial score (nSPS) is 38.1. The molecule has 15 saturated heterocycles. The zero-order chi connectivity index (χ0) is 91.3. The molecule has 0 saturated carbocycles. The fourth-order valence-electron chi connectivity index (χ4n) is 17.2. The molecule has 682 valence electrons. The molecule has 15 fully saturated rings. The Balaban J connectivity index is 0.000000151. The molecule has 2 N–H and O–H groups in total. The summed E-state index contributed by atoms with van der Waals surface area (Å²) in [6, 6.07) is 1.87. The number of methoxy groups -OCH3 is 2. The molecular weight excluding hydrogens is 1790 g/mol. The quantitative estimate of drug-likeness (QED) is 0.0168. The molecule has 15 aliphatic heterocycles. The van der Waals surface area contributed by atoms with E-state index in [2.05, 4.69) is 70.8 Å². The minimum atomic E-state index is -4.29. The number of esters is 13. The maximum atomic E-state index is 12.5. The van der Waals surface area contributed by atoms with Gasteiger partial charge in [0.15, 0.2) is 63.6 Å². The van der Waals surface area contributed by atoms with Crippen LogP contribution in [-0.2, 0) is 229 Å². The van der Waals surface area contributed by atoms with Crippen molar-refractivity contribution in [3.05, 3.63) is 63.3 Å². The molecule has 0 aromatic rings. The molecule has 0 aromatic carbocycles. The highest BCUT2D eigenvalue weighted by Crippen LogP contribution is 2.63. The monoisotopic (exact) mass is 1870 g/mol. The number of fused-ring (bicyclic) bond motifs is 5. The number of hydrogen-bond donors (Lipinski definition) is 2. The zero-order valence-corrected chi connectivity index (χ0v) is 68.5. The average molecular weight is 1870 g/mol. The van der Waals surface area contributed by atoms with Crippen LogP contribution in [0.3, 0.4) is 0 Å². The first-order chi connectivity index (χ1) is 58.3. The Kier molecular flexibility index (Phi) is 27.4. The van der Waals surface area contributed by atoms with Gasteiger partial charge in [-0.3, -0.25) is 40.1 Å². The van der Waals surface area contributed by atoms with E-state index in [-0.39, 0.29) is 38.8 Å². The van der Waals surface area contributed by atoms with Crippen LogP contribution in [0.25, 0.3) is 0 Å². The lowest BCUT2D eigenvalue weighted by Crippen LogP contribution is -2.56. The van der Waals surface area contributed by atoms with Crippen molar-refractivity contribution < 1.29 is 230 Å². The highest BCUT2D eigenvalue weighted by molar-refractivity contribution is 7.89. The minimum absolute atomic E-state index is 0.0539. The molecule has 0 aliphatic carbocycles. The van der Waals surface area contributed by atoms with Gasteiger partial charge in [-0.25, -0.2) is 47.9 Å². The predicted octanol–water partition coefficient (Wildman–Crippen LogP) is -8.24. The Labute approximate surface area is 700 Å². The zero-order valence-electron chi connectivity index (χ0n) is 64.4. The molecule has 15 aliphatic rings. The van der Waals surface area contributed by atoms with E-state index in [1.807, 2.05) is 6.07 Å². The van der Waals surface area contributed by atoms with Gasteiger partial charge in [0.25, 0.3) is 57.1 Å². The number of aliphatic hydroxyl groups excluding tert-OH is 2. The van der Waals surface area contributed by atoms with E-state index in [4.69, 9.17) is 78.3 Å². The maximum Gasteiger partial charge on any atom is 0.344 e. The van der Waals surface area contributed by atoms with Crippen LogP contribution in [0.1, 0.15) is 32.6 Å². The Morgan fingerprint density at radius 3 is 1.35 bits per heavy atom. The molecular formula is C68H75NO50S5. The van der Waals surface area contributed by atoms with Gasteiger partial charge in [0.05, 0.1) is 46.0 Å². The fraction of sp³-hybridized carbons (Fsp3) is 0.632. The fourth-order valence-corrected chi connectivity index (χ4v) is 26.5. The topological polar surface area (TPSA) is 695 Å². The molecule has 0 radical (unpaired) electrons. The summed E-state index contributed by atoms with van der Waals surface area (Å²) in [5.41, 5.74) is -6.06. The summed E-state index contributed by atoms with van der Waals surface area (Å²) < 4.78 is 240. The number of hydrogen-bond acceptors (Lipinski definition) is 51. The summed E-state index contributed by atoms with van der Waals surface area (Å²) >= 11 is 0. The second kappa shape index (κ2) is 35.8. The van der Waals surface area contributed by atoms with E-state index in [9.17, 15) is 119 Å². The van der Waals surface area contributed by atoms with Crippen LogP contribution in [0, 0.1) is 23.2 Å². The summed E-state index contributed by atoms with van der Waals surface area (Å²) in [6.07, 6.45) is -13.3. The summed E-state index contributed by atoms with van der Waals surface area (Å²) in [6.45, 7) is 11.9. The van der Waals surface area contributed by atoms with Gasteiger partial charge >= 0.3 is 77.6 Å². The van der Waals surface area contributed by atoms with Gasteiger partial charge < -0.3 is 100 Å². The van der Waals surface area contributed by atoms with Gasteiger partial charge in [0, 0.05) is 63.0 Å². The van der Waals surface area contributed by atoms with Crippen molar-refractivity contribution in [1.29, 1.82) is 5.26 Å². The Morgan fingerprint density at radius 1 is 0.468 bits per heavy atom. The van der Waals surface area contributed by atoms with Crippen molar-refractivity contribution in [2.75, 3.05) is 73.7 Å². The van der Waals surface area contributed by atoms with Crippen molar-refractivity contribution >= 4 is 135 Å². The number of nitriles is 1. The van der Waals surface area contributed by atoms with Crippen molar-refractivity contribution in [2.45, 2.75) is 178 Å². The van der Waals surface area contributed by atoms with Gasteiger partial charge in [-0.05, 0) is 0 Å². The molecule has 0 amide bonds. The minimum Gasteiger partial charge on any atom is -0.469 e. The van der Waals surface area contributed by atoms with Crippen LogP contribution < -0.4 is 0 Å². The van der Waals surface area contributed by atoms with Crippen LogP contribution in [-0.4, -0.2) is 356 Å².